The van der Waals surface area contributed by atoms with Crippen molar-refractivity contribution in [1.82, 2.24) is 14.9 Å². The van der Waals surface area contributed by atoms with E-state index in [1.54, 1.807) is 24.7 Å². The molecule has 0 fully saturated rings. The van der Waals surface area contributed by atoms with Crippen molar-refractivity contribution in [3.8, 4) is 11.5 Å². The number of carbonyl (C=O) groups excluding carboxylic acids is 1. The van der Waals surface area contributed by atoms with Crippen LogP contribution in [-0.4, -0.2) is 41.2 Å². The number of hydrogen-bond donors (Lipinski definition) is 1. The van der Waals surface area contributed by atoms with Gasteiger partial charge in [-0.1, -0.05) is 30.0 Å². The summed E-state index contributed by atoms with van der Waals surface area (Å²) in [6.07, 6.45) is 0.675. The molecule has 2 aromatic carbocycles. The van der Waals surface area contributed by atoms with E-state index in [4.69, 9.17) is 14.2 Å². The standard InChI is InChI=1S/C23H25N3O5S/c1-15(21(27)24-13-16-8-9-19-20(12-16)31-14-30-19)32-23-25-18-7-4-3-6-17(18)22(28)26(23)10-5-11-29-2/h3-4,6-9,12,15H,5,10-11,13-14H2,1-2H3,(H,24,27). The van der Waals surface area contributed by atoms with Crippen molar-refractivity contribution in [1.29, 1.82) is 0 Å². The quantitative estimate of drug-likeness (QED) is 0.301. The van der Waals surface area contributed by atoms with E-state index in [-0.39, 0.29) is 18.3 Å². The third-order valence-corrected chi connectivity index (χ3v) is 6.20. The van der Waals surface area contributed by atoms with Gasteiger partial charge in [-0.2, -0.15) is 0 Å². The number of para-hydroxylation sites is 1. The van der Waals surface area contributed by atoms with Crippen molar-refractivity contribution in [2.24, 2.45) is 0 Å². The number of benzene rings is 2. The fraction of sp³-hybridized carbons (Fsp3) is 0.348. The van der Waals surface area contributed by atoms with Crippen LogP contribution in [-0.2, 0) is 22.6 Å². The zero-order valence-corrected chi connectivity index (χ0v) is 18.8. The fourth-order valence-electron chi connectivity index (χ4n) is 3.40. The number of ether oxygens (including phenoxy) is 3. The Hall–Kier alpha value is -3.04. The maximum Gasteiger partial charge on any atom is 0.262 e. The lowest BCUT2D eigenvalue weighted by Crippen LogP contribution is -2.31. The molecule has 32 heavy (non-hydrogen) atoms. The summed E-state index contributed by atoms with van der Waals surface area (Å²) in [6.45, 7) is 3.39. The molecule has 1 N–H and O–H groups in total. The van der Waals surface area contributed by atoms with E-state index in [2.05, 4.69) is 10.3 Å². The minimum Gasteiger partial charge on any atom is -0.454 e. The number of fused-ring (bicyclic) bond motifs is 2. The van der Waals surface area contributed by atoms with Gasteiger partial charge in [-0.3, -0.25) is 14.2 Å². The smallest absolute Gasteiger partial charge is 0.262 e. The first kappa shape index (κ1) is 22.2. The Balaban J connectivity index is 1.48. The van der Waals surface area contributed by atoms with E-state index in [1.165, 1.54) is 11.8 Å². The van der Waals surface area contributed by atoms with Gasteiger partial charge in [0.05, 0.1) is 16.2 Å². The number of carbonyl (C=O) groups is 1. The molecule has 0 saturated heterocycles. The number of rotatable bonds is 9. The van der Waals surface area contributed by atoms with Crippen LogP contribution in [0.1, 0.15) is 18.9 Å². The van der Waals surface area contributed by atoms with Crippen LogP contribution < -0.4 is 20.3 Å². The first-order valence-electron chi connectivity index (χ1n) is 10.4. The molecule has 1 aliphatic rings. The van der Waals surface area contributed by atoms with E-state index in [0.717, 1.165) is 5.56 Å². The highest BCUT2D eigenvalue weighted by Crippen LogP contribution is 2.32. The largest absolute Gasteiger partial charge is 0.454 e. The van der Waals surface area contributed by atoms with Gasteiger partial charge in [0.15, 0.2) is 16.7 Å². The number of methoxy groups -OCH3 is 1. The minimum atomic E-state index is -0.439. The van der Waals surface area contributed by atoms with Crippen LogP contribution in [0.3, 0.4) is 0 Å². The van der Waals surface area contributed by atoms with E-state index < -0.39 is 5.25 Å². The van der Waals surface area contributed by atoms with Crippen LogP contribution in [0.5, 0.6) is 11.5 Å². The predicted octanol–water partition coefficient (Wildman–Crippen LogP) is 2.96. The third kappa shape index (κ3) is 4.89. The number of aromatic nitrogens is 2. The average Bonchev–Trinajstić information content (AvgIpc) is 3.27. The van der Waals surface area contributed by atoms with Gasteiger partial charge in [-0.25, -0.2) is 4.98 Å². The molecule has 1 atom stereocenters. The lowest BCUT2D eigenvalue weighted by Gasteiger charge is -2.16. The van der Waals surface area contributed by atoms with Gasteiger partial charge in [-0.15, -0.1) is 0 Å². The average molecular weight is 456 g/mol. The SMILES string of the molecule is COCCCn1c(SC(C)C(=O)NCc2ccc3c(c2)OCO3)nc2ccccc2c1=O. The van der Waals surface area contributed by atoms with Crippen molar-refractivity contribution >= 4 is 28.6 Å². The Morgan fingerprint density at radius 2 is 2.06 bits per heavy atom. The molecule has 0 aliphatic carbocycles. The van der Waals surface area contributed by atoms with Gasteiger partial charge in [0.2, 0.25) is 12.7 Å². The molecular weight excluding hydrogens is 430 g/mol. The highest BCUT2D eigenvalue weighted by atomic mass is 32.2. The number of nitrogens with zero attached hydrogens (tertiary/aromatic N) is 2. The van der Waals surface area contributed by atoms with Crippen LogP contribution in [0.15, 0.2) is 52.4 Å². The van der Waals surface area contributed by atoms with E-state index >= 15 is 0 Å². The molecule has 1 aromatic heterocycles. The summed E-state index contributed by atoms with van der Waals surface area (Å²) >= 11 is 1.27. The lowest BCUT2D eigenvalue weighted by atomic mass is 10.2. The van der Waals surface area contributed by atoms with Crippen molar-refractivity contribution in [2.45, 2.75) is 36.8 Å². The predicted molar refractivity (Wildman–Crippen MR) is 122 cm³/mol. The highest BCUT2D eigenvalue weighted by molar-refractivity contribution is 8.00. The van der Waals surface area contributed by atoms with Gasteiger partial charge in [-0.05, 0) is 43.2 Å². The second-order valence-electron chi connectivity index (χ2n) is 7.38. The fourth-order valence-corrected chi connectivity index (χ4v) is 4.36. The second kappa shape index (κ2) is 10.1. The number of thioether (sulfide) groups is 1. The van der Waals surface area contributed by atoms with Gasteiger partial charge >= 0.3 is 0 Å². The van der Waals surface area contributed by atoms with Gasteiger partial charge in [0.1, 0.15) is 0 Å². The van der Waals surface area contributed by atoms with Crippen LogP contribution in [0, 0.1) is 0 Å². The third-order valence-electron chi connectivity index (χ3n) is 5.11. The van der Waals surface area contributed by atoms with E-state index in [1.807, 2.05) is 36.4 Å². The molecular formula is C23H25N3O5S. The molecule has 0 bridgehead atoms. The topological polar surface area (TPSA) is 91.7 Å². The molecule has 2 heterocycles. The Labute approximate surface area is 189 Å². The molecule has 1 unspecified atom stereocenters. The molecule has 8 nitrogen and oxygen atoms in total. The van der Waals surface area contributed by atoms with Gasteiger partial charge in [0.25, 0.3) is 5.56 Å². The van der Waals surface area contributed by atoms with Gasteiger partial charge < -0.3 is 19.5 Å². The van der Waals surface area contributed by atoms with Crippen molar-refractivity contribution in [3.63, 3.8) is 0 Å². The van der Waals surface area contributed by atoms with Crippen molar-refractivity contribution < 1.29 is 19.0 Å². The van der Waals surface area contributed by atoms with Crippen LogP contribution >= 0.6 is 11.8 Å². The summed E-state index contributed by atoms with van der Waals surface area (Å²) in [6, 6.07) is 12.8. The lowest BCUT2D eigenvalue weighted by molar-refractivity contribution is -0.120. The molecule has 4 rings (SSSR count). The summed E-state index contributed by atoms with van der Waals surface area (Å²) in [5.74, 6) is 1.25. The maximum absolute atomic E-state index is 13.0. The molecule has 1 aliphatic heterocycles. The molecule has 168 valence electrons. The maximum atomic E-state index is 13.0. The summed E-state index contributed by atoms with van der Waals surface area (Å²) in [4.78, 5) is 30.5. The Bertz CT molecular complexity index is 1180. The monoisotopic (exact) mass is 455 g/mol. The van der Waals surface area contributed by atoms with Gasteiger partial charge in [0, 0.05) is 26.8 Å². The number of hydrogen-bond acceptors (Lipinski definition) is 7. The molecule has 9 heteroatoms. The van der Waals surface area contributed by atoms with Crippen LogP contribution in [0.4, 0.5) is 0 Å². The molecule has 0 spiro atoms. The summed E-state index contributed by atoms with van der Waals surface area (Å²) in [5.41, 5.74) is 1.43. The van der Waals surface area contributed by atoms with E-state index in [9.17, 15) is 9.59 Å². The summed E-state index contributed by atoms with van der Waals surface area (Å²) in [5, 5.41) is 3.59. The summed E-state index contributed by atoms with van der Waals surface area (Å²) in [7, 11) is 1.63. The van der Waals surface area contributed by atoms with E-state index in [0.29, 0.717) is 53.7 Å². The number of amides is 1. The second-order valence-corrected chi connectivity index (χ2v) is 8.69. The van der Waals surface area contributed by atoms with Crippen molar-refractivity contribution in [3.05, 3.63) is 58.4 Å². The van der Waals surface area contributed by atoms with Crippen LogP contribution in [0.25, 0.3) is 10.9 Å². The zero-order valence-electron chi connectivity index (χ0n) is 18.0. The summed E-state index contributed by atoms with van der Waals surface area (Å²) < 4.78 is 17.5. The first-order valence-corrected chi connectivity index (χ1v) is 11.3. The molecule has 1 amide bonds. The zero-order chi connectivity index (χ0) is 22.5. The Kier molecular flexibility index (Phi) is 6.96. The first-order chi connectivity index (χ1) is 15.6. The highest BCUT2D eigenvalue weighted by Gasteiger charge is 2.20. The molecule has 3 aromatic rings. The van der Waals surface area contributed by atoms with Crippen molar-refractivity contribution in [2.75, 3.05) is 20.5 Å². The molecule has 0 saturated carbocycles. The van der Waals surface area contributed by atoms with Crippen LogP contribution in [0.2, 0.25) is 0 Å². The normalized spacial score (nSPS) is 13.3. The Morgan fingerprint density at radius 3 is 2.91 bits per heavy atom. The number of nitrogens with one attached hydrogen (secondary N) is 1. The molecule has 0 radical (unpaired) electrons. The Morgan fingerprint density at radius 1 is 1.25 bits per heavy atom. The minimum absolute atomic E-state index is 0.109.